The van der Waals surface area contributed by atoms with Gasteiger partial charge in [0.15, 0.2) is 28.6 Å². The molecule has 3 N–H and O–H groups in total. The molecule has 0 radical (unpaired) electrons. The fraction of sp³-hybridized carbons (Fsp3) is 0.607. The summed E-state index contributed by atoms with van der Waals surface area (Å²) in [6.45, 7) is 8.37. The lowest BCUT2D eigenvalue weighted by Gasteiger charge is -2.52. The maximum absolute atomic E-state index is 14.3. The molecule has 0 spiro atoms. The van der Waals surface area contributed by atoms with Gasteiger partial charge in [0.1, 0.15) is 5.82 Å². The number of aromatic nitrogens is 4. The van der Waals surface area contributed by atoms with Crippen molar-refractivity contribution in [2.45, 2.75) is 83.2 Å². The van der Waals surface area contributed by atoms with E-state index in [2.05, 4.69) is 20.2 Å². The highest BCUT2D eigenvalue weighted by Crippen LogP contribution is 2.51. The number of halogens is 4. The van der Waals surface area contributed by atoms with Crippen molar-refractivity contribution in [3.63, 3.8) is 0 Å². The summed E-state index contributed by atoms with van der Waals surface area (Å²) in [5.41, 5.74) is 4.41. The summed E-state index contributed by atoms with van der Waals surface area (Å²) in [7, 11) is 0. The predicted molar refractivity (Wildman–Crippen MR) is 147 cm³/mol. The molecule has 1 unspecified atom stereocenters. The van der Waals surface area contributed by atoms with Gasteiger partial charge in [0.25, 0.3) is 0 Å². The lowest BCUT2D eigenvalue weighted by atomic mass is 9.73. The number of nitrogens with two attached hydrogens (primary N) is 1. The van der Waals surface area contributed by atoms with E-state index in [1.807, 2.05) is 25.3 Å². The van der Waals surface area contributed by atoms with Crippen molar-refractivity contribution < 1.29 is 22.3 Å². The normalized spacial score (nSPS) is 26.0. The monoisotopic (exact) mass is 576 g/mol. The molecule has 222 valence electrons. The SMILES string of the molecule is Cc1nc2c(N3C[C@@H](C)N(C(c4ccc(F)c(F)c4)C4CC(F)(F)C4)C[C@@H]3C)nc(NN)nc2n1C[C@@H]1CCCO1. The van der Waals surface area contributed by atoms with E-state index in [9.17, 15) is 17.6 Å². The number of aryl methyl sites for hydroxylation is 1. The van der Waals surface area contributed by atoms with Crippen LogP contribution in [0.1, 0.15) is 57.0 Å². The number of nitrogens with one attached hydrogen (secondary N) is 1. The number of hydrogen-bond donors (Lipinski definition) is 2. The summed E-state index contributed by atoms with van der Waals surface area (Å²) in [4.78, 5) is 18.5. The van der Waals surface area contributed by atoms with Gasteiger partial charge in [-0.05, 0) is 57.2 Å². The Kier molecular flexibility index (Phi) is 7.31. The number of nitrogens with zero attached hydrogens (tertiary/aromatic N) is 6. The Morgan fingerprint density at radius 1 is 1.10 bits per heavy atom. The van der Waals surface area contributed by atoms with Gasteiger partial charge in [-0.3, -0.25) is 10.3 Å². The van der Waals surface area contributed by atoms with Crippen LogP contribution in [0.2, 0.25) is 0 Å². The summed E-state index contributed by atoms with van der Waals surface area (Å²) in [6.07, 6.45) is 1.53. The molecule has 4 heterocycles. The smallest absolute Gasteiger partial charge is 0.248 e. The number of piperazine rings is 1. The topological polar surface area (TPSA) is 97.4 Å². The quantitative estimate of drug-likeness (QED) is 0.240. The number of fused-ring (bicyclic) bond motifs is 1. The van der Waals surface area contributed by atoms with E-state index >= 15 is 0 Å². The molecule has 2 aromatic heterocycles. The number of anilines is 2. The highest BCUT2D eigenvalue weighted by molar-refractivity contribution is 5.85. The summed E-state index contributed by atoms with van der Waals surface area (Å²) in [5.74, 6) is 2.43. The van der Waals surface area contributed by atoms with Crippen molar-refractivity contribution in [2.75, 3.05) is 30.0 Å². The number of benzene rings is 1. The van der Waals surface area contributed by atoms with Crippen LogP contribution < -0.4 is 16.2 Å². The number of alkyl halides is 2. The summed E-state index contributed by atoms with van der Waals surface area (Å²) in [6, 6.07) is 3.05. The molecule has 9 nitrogen and oxygen atoms in total. The fourth-order valence-corrected chi connectivity index (χ4v) is 6.77. The van der Waals surface area contributed by atoms with Crippen molar-refractivity contribution in [2.24, 2.45) is 11.8 Å². The van der Waals surface area contributed by atoms with Gasteiger partial charge in [0.2, 0.25) is 11.9 Å². The van der Waals surface area contributed by atoms with E-state index in [1.54, 1.807) is 0 Å². The Balaban J connectivity index is 1.32. The molecule has 6 rings (SSSR count). The lowest BCUT2D eigenvalue weighted by Crippen LogP contribution is -2.59. The molecule has 0 bridgehead atoms. The van der Waals surface area contributed by atoms with Crippen LogP contribution in [-0.4, -0.2) is 68.2 Å². The average Bonchev–Trinajstić information content (AvgIpc) is 3.54. The van der Waals surface area contributed by atoms with Crippen LogP contribution in [0, 0.1) is 24.5 Å². The van der Waals surface area contributed by atoms with Crippen LogP contribution in [0.25, 0.3) is 11.2 Å². The second kappa shape index (κ2) is 10.7. The van der Waals surface area contributed by atoms with Gasteiger partial charge in [0, 0.05) is 50.7 Å². The Morgan fingerprint density at radius 2 is 1.88 bits per heavy atom. The molecule has 1 aromatic carbocycles. The first-order valence-electron chi connectivity index (χ1n) is 14.2. The van der Waals surface area contributed by atoms with Crippen molar-refractivity contribution in [3.05, 3.63) is 41.2 Å². The molecule has 4 atom stereocenters. The second-order valence-electron chi connectivity index (χ2n) is 11.8. The second-order valence-corrected chi connectivity index (χ2v) is 11.8. The first-order valence-corrected chi connectivity index (χ1v) is 14.2. The molecule has 1 saturated carbocycles. The average molecular weight is 577 g/mol. The molecule has 0 amide bonds. The first-order chi connectivity index (χ1) is 19.5. The van der Waals surface area contributed by atoms with Gasteiger partial charge < -0.3 is 14.2 Å². The molecule has 3 aromatic rings. The highest BCUT2D eigenvalue weighted by atomic mass is 19.3. The minimum atomic E-state index is -2.74. The zero-order chi connectivity index (χ0) is 29.1. The van der Waals surface area contributed by atoms with E-state index < -0.39 is 23.6 Å². The Hall–Kier alpha value is -3.03. The number of hydrazine groups is 1. The molecule has 2 saturated heterocycles. The molecule has 2 aliphatic heterocycles. The van der Waals surface area contributed by atoms with Crippen molar-refractivity contribution >= 4 is 22.9 Å². The van der Waals surface area contributed by atoms with Crippen LogP contribution in [-0.2, 0) is 11.3 Å². The predicted octanol–water partition coefficient (Wildman–Crippen LogP) is 4.56. The standard InChI is InChI=1S/C28H36F4N8O/c1-15-13-39(25-23-26(36-27(35-25)37-33)40(17(3)34-23)14-20-5-4-8-41-20)16(2)12-38(15)24(19-10-28(31,32)11-19)18-6-7-21(29)22(30)9-18/h6-7,9,15-16,19-20,24H,4-5,8,10-14,33H2,1-3H3,(H,35,36,37)/t15-,16+,20+,24?/m1/s1. The minimum Gasteiger partial charge on any atom is -0.376 e. The lowest BCUT2D eigenvalue weighted by molar-refractivity contribution is -0.137. The van der Waals surface area contributed by atoms with E-state index in [4.69, 9.17) is 20.5 Å². The van der Waals surface area contributed by atoms with Gasteiger partial charge in [-0.1, -0.05) is 6.07 Å². The van der Waals surface area contributed by atoms with Gasteiger partial charge in [0.05, 0.1) is 12.6 Å². The maximum Gasteiger partial charge on any atom is 0.248 e. The number of imidazole rings is 1. The van der Waals surface area contributed by atoms with Crippen LogP contribution in [0.15, 0.2) is 18.2 Å². The minimum absolute atomic E-state index is 0.0911. The zero-order valence-corrected chi connectivity index (χ0v) is 23.5. The highest BCUT2D eigenvalue weighted by Gasteiger charge is 2.51. The third-order valence-corrected chi connectivity index (χ3v) is 8.82. The van der Waals surface area contributed by atoms with Crippen LogP contribution in [0.5, 0.6) is 0 Å². The Bertz CT molecular complexity index is 1420. The van der Waals surface area contributed by atoms with Gasteiger partial charge in [-0.25, -0.2) is 28.4 Å². The summed E-state index contributed by atoms with van der Waals surface area (Å²) >= 11 is 0. The van der Waals surface area contributed by atoms with Crippen molar-refractivity contribution in [3.8, 4) is 0 Å². The van der Waals surface area contributed by atoms with E-state index in [0.29, 0.717) is 42.2 Å². The molecular weight excluding hydrogens is 540 g/mol. The number of ether oxygens (including phenoxy) is 1. The van der Waals surface area contributed by atoms with Crippen molar-refractivity contribution in [1.82, 2.24) is 24.4 Å². The Labute approximate surface area is 236 Å². The Morgan fingerprint density at radius 3 is 2.54 bits per heavy atom. The van der Waals surface area contributed by atoms with Crippen LogP contribution >= 0.6 is 0 Å². The molecule has 13 heteroatoms. The molecule has 3 fully saturated rings. The molecular formula is C28H36F4N8O. The molecule has 41 heavy (non-hydrogen) atoms. The van der Waals surface area contributed by atoms with Crippen LogP contribution in [0.3, 0.4) is 0 Å². The first kappa shape index (κ1) is 28.1. The van der Waals surface area contributed by atoms with E-state index in [0.717, 1.165) is 37.4 Å². The van der Waals surface area contributed by atoms with Gasteiger partial charge in [-0.2, -0.15) is 9.97 Å². The van der Waals surface area contributed by atoms with Crippen molar-refractivity contribution in [1.29, 1.82) is 0 Å². The maximum atomic E-state index is 14.3. The molecule has 1 aliphatic carbocycles. The summed E-state index contributed by atoms with van der Waals surface area (Å²) < 4.78 is 64.0. The molecule has 3 aliphatic rings. The number of rotatable bonds is 7. The van der Waals surface area contributed by atoms with E-state index in [-0.39, 0.29) is 42.9 Å². The third kappa shape index (κ3) is 5.23. The van der Waals surface area contributed by atoms with Crippen LogP contribution in [0.4, 0.5) is 29.3 Å². The van der Waals surface area contributed by atoms with Gasteiger partial charge >= 0.3 is 0 Å². The summed E-state index contributed by atoms with van der Waals surface area (Å²) in [5, 5.41) is 0. The van der Waals surface area contributed by atoms with E-state index in [1.165, 1.54) is 6.07 Å². The third-order valence-electron chi connectivity index (χ3n) is 8.82. The number of nitrogen functional groups attached to an aromatic ring is 1. The number of hydrogen-bond acceptors (Lipinski definition) is 8. The van der Waals surface area contributed by atoms with Gasteiger partial charge in [-0.15, -0.1) is 0 Å². The largest absolute Gasteiger partial charge is 0.376 e. The fourth-order valence-electron chi connectivity index (χ4n) is 6.77. The zero-order valence-electron chi connectivity index (χ0n) is 23.5.